The minimum Gasteiger partial charge on any atom is -0.396 e. The molecule has 0 aliphatic carbocycles. The number of aliphatic hydroxyl groups excluding tert-OH is 1. The first-order chi connectivity index (χ1) is 9.19. The lowest BCUT2D eigenvalue weighted by atomic mass is 10.2. The van der Waals surface area contributed by atoms with E-state index in [0.29, 0.717) is 25.6 Å². The van der Waals surface area contributed by atoms with Crippen molar-refractivity contribution in [2.45, 2.75) is 39.4 Å². The molecule has 2 aromatic heterocycles. The van der Waals surface area contributed by atoms with Gasteiger partial charge in [-0.1, -0.05) is 5.21 Å². The summed E-state index contributed by atoms with van der Waals surface area (Å²) in [6.07, 6.45) is 2.64. The lowest BCUT2D eigenvalue weighted by molar-refractivity contribution is 0.276. The van der Waals surface area contributed by atoms with E-state index in [1.807, 2.05) is 17.5 Å². The number of nitrogens with zero attached hydrogens (tertiary/aromatic N) is 3. The van der Waals surface area contributed by atoms with Crippen LogP contribution < -0.4 is 5.32 Å². The molecule has 2 heterocycles. The molecule has 19 heavy (non-hydrogen) atoms. The van der Waals surface area contributed by atoms with Crippen molar-refractivity contribution in [3.63, 3.8) is 0 Å². The van der Waals surface area contributed by atoms with Crippen LogP contribution in [-0.4, -0.2) is 26.7 Å². The maximum atomic E-state index is 8.77. The zero-order valence-corrected chi connectivity index (χ0v) is 12.2. The van der Waals surface area contributed by atoms with Gasteiger partial charge < -0.3 is 10.4 Å². The molecule has 0 radical (unpaired) electrons. The highest BCUT2D eigenvalue weighted by molar-refractivity contribution is 7.12. The number of aromatic nitrogens is 3. The first-order valence-corrected chi connectivity index (χ1v) is 7.30. The molecule has 0 bridgehead atoms. The molecular weight excluding hydrogens is 260 g/mol. The molecular formula is C13H20N4OS. The van der Waals surface area contributed by atoms with Crippen LogP contribution in [0.15, 0.2) is 18.3 Å². The summed E-state index contributed by atoms with van der Waals surface area (Å²) in [5.41, 5.74) is 0.929. The highest BCUT2D eigenvalue weighted by atomic mass is 32.1. The normalized spacial score (nSPS) is 12.8. The van der Waals surface area contributed by atoms with Gasteiger partial charge in [-0.15, -0.1) is 16.4 Å². The van der Waals surface area contributed by atoms with Gasteiger partial charge in [0.25, 0.3) is 0 Å². The third-order valence-electron chi connectivity index (χ3n) is 2.91. The van der Waals surface area contributed by atoms with Crippen molar-refractivity contribution in [2.24, 2.45) is 0 Å². The fourth-order valence-electron chi connectivity index (χ4n) is 1.81. The SMILES string of the molecule is Cc1ccc(C(C)NCc2cn(CCCO)nn2)s1. The Morgan fingerprint density at radius 2 is 2.32 bits per heavy atom. The largest absolute Gasteiger partial charge is 0.396 e. The summed E-state index contributed by atoms with van der Waals surface area (Å²) < 4.78 is 1.77. The molecule has 1 unspecified atom stereocenters. The highest BCUT2D eigenvalue weighted by Gasteiger charge is 2.08. The Morgan fingerprint density at radius 1 is 1.47 bits per heavy atom. The molecule has 0 saturated heterocycles. The van der Waals surface area contributed by atoms with E-state index < -0.39 is 0 Å². The first-order valence-electron chi connectivity index (χ1n) is 6.48. The number of thiophene rings is 1. The van der Waals surface area contributed by atoms with Gasteiger partial charge in [-0.25, -0.2) is 0 Å². The van der Waals surface area contributed by atoms with E-state index in [4.69, 9.17) is 5.11 Å². The van der Waals surface area contributed by atoms with Gasteiger partial charge in [0.2, 0.25) is 0 Å². The molecule has 2 aromatic rings. The summed E-state index contributed by atoms with van der Waals surface area (Å²) in [5, 5.41) is 20.3. The van der Waals surface area contributed by atoms with Crippen LogP contribution in [0.25, 0.3) is 0 Å². The topological polar surface area (TPSA) is 63.0 Å². The molecule has 0 spiro atoms. The quantitative estimate of drug-likeness (QED) is 0.813. The Bertz CT molecular complexity index is 508. The minimum atomic E-state index is 0.183. The van der Waals surface area contributed by atoms with E-state index in [0.717, 1.165) is 5.69 Å². The predicted molar refractivity (Wildman–Crippen MR) is 76.0 cm³/mol. The van der Waals surface area contributed by atoms with Crippen LogP contribution in [-0.2, 0) is 13.1 Å². The average molecular weight is 280 g/mol. The van der Waals surface area contributed by atoms with Crippen molar-refractivity contribution in [3.05, 3.63) is 33.8 Å². The van der Waals surface area contributed by atoms with Gasteiger partial charge in [0.1, 0.15) is 0 Å². The summed E-state index contributed by atoms with van der Waals surface area (Å²) in [4.78, 5) is 2.67. The zero-order chi connectivity index (χ0) is 13.7. The van der Waals surface area contributed by atoms with Gasteiger partial charge in [-0.2, -0.15) is 0 Å². The van der Waals surface area contributed by atoms with Gasteiger partial charge in [-0.3, -0.25) is 4.68 Å². The summed E-state index contributed by atoms with van der Waals surface area (Å²) in [6.45, 7) is 5.87. The number of aliphatic hydroxyl groups is 1. The number of aryl methyl sites for hydroxylation is 2. The predicted octanol–water partition coefficient (Wildman–Crippen LogP) is 1.88. The molecule has 2 N–H and O–H groups in total. The van der Waals surface area contributed by atoms with Crippen LogP contribution in [0.4, 0.5) is 0 Å². The highest BCUT2D eigenvalue weighted by Crippen LogP contribution is 2.22. The van der Waals surface area contributed by atoms with Crippen molar-refractivity contribution in [3.8, 4) is 0 Å². The molecule has 0 fully saturated rings. The van der Waals surface area contributed by atoms with E-state index in [9.17, 15) is 0 Å². The van der Waals surface area contributed by atoms with E-state index in [-0.39, 0.29) is 6.61 Å². The summed E-state index contributed by atoms with van der Waals surface area (Å²) >= 11 is 1.82. The van der Waals surface area contributed by atoms with Crippen molar-refractivity contribution >= 4 is 11.3 Å². The smallest absolute Gasteiger partial charge is 0.0965 e. The Labute approximate surface area is 117 Å². The number of hydrogen-bond donors (Lipinski definition) is 2. The number of rotatable bonds is 7. The Hall–Kier alpha value is -1.24. The van der Waals surface area contributed by atoms with Gasteiger partial charge in [-0.05, 0) is 32.4 Å². The van der Waals surface area contributed by atoms with E-state index >= 15 is 0 Å². The van der Waals surface area contributed by atoms with Crippen LogP contribution in [0.2, 0.25) is 0 Å². The van der Waals surface area contributed by atoms with Gasteiger partial charge in [0, 0.05) is 41.7 Å². The lowest BCUT2D eigenvalue weighted by Crippen LogP contribution is -2.17. The van der Waals surface area contributed by atoms with E-state index in [1.165, 1.54) is 9.75 Å². The van der Waals surface area contributed by atoms with Gasteiger partial charge >= 0.3 is 0 Å². The Kier molecular flexibility index (Phi) is 5.07. The van der Waals surface area contributed by atoms with Crippen LogP contribution in [0, 0.1) is 6.92 Å². The fraction of sp³-hybridized carbons (Fsp3) is 0.538. The molecule has 2 rings (SSSR count). The third-order valence-corrected chi connectivity index (χ3v) is 4.09. The number of hydrogen-bond acceptors (Lipinski definition) is 5. The second-order valence-electron chi connectivity index (χ2n) is 4.60. The monoisotopic (exact) mass is 280 g/mol. The maximum Gasteiger partial charge on any atom is 0.0965 e. The second-order valence-corrected chi connectivity index (χ2v) is 5.92. The fourth-order valence-corrected chi connectivity index (χ4v) is 2.71. The van der Waals surface area contributed by atoms with E-state index in [2.05, 4.69) is 41.6 Å². The van der Waals surface area contributed by atoms with Crippen molar-refractivity contribution in [1.82, 2.24) is 20.3 Å². The molecule has 104 valence electrons. The number of nitrogens with one attached hydrogen (secondary N) is 1. The Balaban J connectivity index is 1.83. The maximum absolute atomic E-state index is 8.77. The van der Waals surface area contributed by atoms with Crippen LogP contribution in [0.3, 0.4) is 0 Å². The average Bonchev–Trinajstić information content (AvgIpc) is 3.02. The molecule has 0 amide bonds. The molecule has 0 aromatic carbocycles. The third kappa shape index (κ3) is 4.12. The molecule has 6 heteroatoms. The van der Waals surface area contributed by atoms with E-state index in [1.54, 1.807) is 4.68 Å². The lowest BCUT2D eigenvalue weighted by Gasteiger charge is -2.10. The molecule has 0 aliphatic heterocycles. The second kappa shape index (κ2) is 6.79. The van der Waals surface area contributed by atoms with Gasteiger partial charge in [0.05, 0.1) is 5.69 Å². The van der Waals surface area contributed by atoms with Crippen molar-refractivity contribution < 1.29 is 5.11 Å². The standard InChI is InChI=1S/C13H20N4OS/c1-10-4-5-13(19-10)11(2)14-8-12-9-17(16-15-12)6-3-7-18/h4-5,9,11,14,18H,3,6-8H2,1-2H3. The molecule has 5 nitrogen and oxygen atoms in total. The van der Waals surface area contributed by atoms with Crippen LogP contribution in [0.1, 0.15) is 34.8 Å². The zero-order valence-electron chi connectivity index (χ0n) is 11.3. The van der Waals surface area contributed by atoms with Crippen LogP contribution in [0.5, 0.6) is 0 Å². The summed E-state index contributed by atoms with van der Waals surface area (Å²) in [5.74, 6) is 0. The molecule has 0 saturated carbocycles. The summed E-state index contributed by atoms with van der Waals surface area (Å²) in [6, 6.07) is 4.63. The minimum absolute atomic E-state index is 0.183. The first kappa shape index (κ1) is 14.2. The molecule has 1 atom stereocenters. The van der Waals surface area contributed by atoms with Crippen LogP contribution >= 0.6 is 11.3 Å². The van der Waals surface area contributed by atoms with Crippen molar-refractivity contribution in [1.29, 1.82) is 0 Å². The van der Waals surface area contributed by atoms with Gasteiger partial charge in [0.15, 0.2) is 0 Å². The summed E-state index contributed by atoms with van der Waals surface area (Å²) in [7, 11) is 0. The van der Waals surface area contributed by atoms with Crippen molar-refractivity contribution in [2.75, 3.05) is 6.61 Å². The molecule has 0 aliphatic rings. The Morgan fingerprint density at radius 3 is 3.00 bits per heavy atom.